The molecule has 0 radical (unpaired) electrons. The van der Waals surface area contributed by atoms with E-state index in [0.29, 0.717) is 12.5 Å². The standard InChI is InChI=1S/C18H20N2O/c1-13-12-19-9-7-14(13)8-10-20-18(21)17-11-16(17)15-5-3-2-4-6-15/h2-7,9,12,16-17H,8,10-11H2,1H3,(H,20,21)/t16-,17+/m1/s1. The molecule has 1 aromatic carbocycles. The maximum Gasteiger partial charge on any atom is 0.223 e. The lowest BCUT2D eigenvalue weighted by Gasteiger charge is -2.07. The number of hydrogen-bond acceptors (Lipinski definition) is 2. The van der Waals surface area contributed by atoms with Gasteiger partial charge in [-0.1, -0.05) is 30.3 Å². The van der Waals surface area contributed by atoms with Crippen molar-refractivity contribution in [1.82, 2.24) is 10.3 Å². The zero-order valence-corrected chi connectivity index (χ0v) is 12.3. The van der Waals surface area contributed by atoms with Gasteiger partial charge in [-0.05, 0) is 48.4 Å². The Labute approximate surface area is 125 Å². The Kier molecular flexibility index (Phi) is 4.00. The summed E-state index contributed by atoms with van der Waals surface area (Å²) >= 11 is 0. The number of benzene rings is 1. The molecule has 0 aliphatic heterocycles. The van der Waals surface area contributed by atoms with E-state index in [2.05, 4.69) is 29.4 Å². The first kappa shape index (κ1) is 13.8. The average molecular weight is 280 g/mol. The summed E-state index contributed by atoms with van der Waals surface area (Å²) in [5.74, 6) is 0.760. The van der Waals surface area contributed by atoms with Gasteiger partial charge in [-0.25, -0.2) is 0 Å². The van der Waals surface area contributed by atoms with E-state index in [1.807, 2.05) is 30.5 Å². The Morgan fingerprint density at radius 1 is 1.29 bits per heavy atom. The maximum absolute atomic E-state index is 12.1. The molecular formula is C18H20N2O. The molecule has 1 amide bonds. The first-order valence-electron chi connectivity index (χ1n) is 7.48. The number of amides is 1. The van der Waals surface area contributed by atoms with Crippen molar-refractivity contribution in [2.45, 2.75) is 25.7 Å². The van der Waals surface area contributed by atoms with Crippen LogP contribution >= 0.6 is 0 Å². The van der Waals surface area contributed by atoms with Gasteiger partial charge >= 0.3 is 0 Å². The summed E-state index contributed by atoms with van der Waals surface area (Å²) < 4.78 is 0. The van der Waals surface area contributed by atoms with E-state index in [1.165, 1.54) is 16.7 Å². The third kappa shape index (κ3) is 3.30. The highest BCUT2D eigenvalue weighted by atomic mass is 16.2. The molecule has 1 saturated carbocycles. The van der Waals surface area contributed by atoms with Crippen LogP contribution < -0.4 is 5.32 Å². The number of aryl methyl sites for hydroxylation is 1. The predicted molar refractivity (Wildman–Crippen MR) is 83.0 cm³/mol. The van der Waals surface area contributed by atoms with E-state index < -0.39 is 0 Å². The molecule has 21 heavy (non-hydrogen) atoms. The average Bonchev–Trinajstić information content (AvgIpc) is 3.31. The van der Waals surface area contributed by atoms with Crippen LogP contribution in [-0.2, 0) is 11.2 Å². The molecular weight excluding hydrogens is 260 g/mol. The van der Waals surface area contributed by atoms with E-state index in [-0.39, 0.29) is 11.8 Å². The Hall–Kier alpha value is -2.16. The molecule has 1 aliphatic rings. The van der Waals surface area contributed by atoms with Gasteiger partial charge in [0.25, 0.3) is 0 Å². The van der Waals surface area contributed by atoms with Crippen molar-refractivity contribution in [3.8, 4) is 0 Å². The topological polar surface area (TPSA) is 42.0 Å². The normalized spacial score (nSPS) is 20.0. The van der Waals surface area contributed by atoms with Crippen LogP contribution in [0.2, 0.25) is 0 Å². The van der Waals surface area contributed by atoms with Crippen LogP contribution in [-0.4, -0.2) is 17.4 Å². The molecule has 108 valence electrons. The summed E-state index contributed by atoms with van der Waals surface area (Å²) in [4.78, 5) is 16.2. The predicted octanol–water partition coefficient (Wildman–Crippen LogP) is 2.85. The highest BCUT2D eigenvalue weighted by Gasteiger charge is 2.43. The van der Waals surface area contributed by atoms with Crippen LogP contribution in [0.5, 0.6) is 0 Å². The van der Waals surface area contributed by atoms with E-state index in [1.54, 1.807) is 6.20 Å². The molecule has 1 fully saturated rings. The molecule has 3 nitrogen and oxygen atoms in total. The molecule has 1 heterocycles. The van der Waals surface area contributed by atoms with Crippen LogP contribution in [0.25, 0.3) is 0 Å². The Morgan fingerprint density at radius 2 is 2.10 bits per heavy atom. The van der Waals surface area contributed by atoms with Gasteiger partial charge in [0.05, 0.1) is 0 Å². The lowest BCUT2D eigenvalue weighted by molar-refractivity contribution is -0.122. The molecule has 3 heteroatoms. The van der Waals surface area contributed by atoms with Crippen molar-refractivity contribution in [2.75, 3.05) is 6.54 Å². The third-order valence-electron chi connectivity index (χ3n) is 4.18. The van der Waals surface area contributed by atoms with E-state index in [9.17, 15) is 4.79 Å². The van der Waals surface area contributed by atoms with Crippen molar-refractivity contribution in [3.63, 3.8) is 0 Å². The first-order chi connectivity index (χ1) is 10.3. The van der Waals surface area contributed by atoms with Gasteiger partial charge in [0, 0.05) is 24.9 Å². The number of nitrogens with zero attached hydrogens (tertiary/aromatic N) is 1. The fourth-order valence-corrected chi connectivity index (χ4v) is 2.79. The molecule has 2 atom stereocenters. The number of hydrogen-bond donors (Lipinski definition) is 1. The van der Waals surface area contributed by atoms with Crippen molar-refractivity contribution in [3.05, 3.63) is 65.5 Å². The number of pyridine rings is 1. The van der Waals surface area contributed by atoms with Crippen molar-refractivity contribution >= 4 is 5.91 Å². The van der Waals surface area contributed by atoms with Crippen LogP contribution in [0.3, 0.4) is 0 Å². The van der Waals surface area contributed by atoms with Gasteiger partial charge in [0.2, 0.25) is 5.91 Å². The molecule has 0 saturated heterocycles. The zero-order valence-electron chi connectivity index (χ0n) is 12.3. The van der Waals surface area contributed by atoms with E-state index in [4.69, 9.17) is 0 Å². The summed E-state index contributed by atoms with van der Waals surface area (Å²) in [5.41, 5.74) is 3.71. The molecule has 1 aliphatic carbocycles. The molecule has 3 rings (SSSR count). The number of carbonyl (C=O) groups excluding carboxylic acids is 1. The fourth-order valence-electron chi connectivity index (χ4n) is 2.79. The van der Waals surface area contributed by atoms with E-state index in [0.717, 1.165) is 12.8 Å². The molecule has 0 unspecified atom stereocenters. The summed E-state index contributed by atoms with van der Waals surface area (Å²) in [5, 5.41) is 3.06. The van der Waals surface area contributed by atoms with Crippen LogP contribution in [0.1, 0.15) is 29.0 Å². The minimum atomic E-state index is 0.158. The molecule has 0 spiro atoms. The zero-order chi connectivity index (χ0) is 14.7. The Bertz CT molecular complexity index is 624. The van der Waals surface area contributed by atoms with Gasteiger partial charge in [-0.3, -0.25) is 9.78 Å². The van der Waals surface area contributed by atoms with Gasteiger partial charge in [0.1, 0.15) is 0 Å². The summed E-state index contributed by atoms with van der Waals surface area (Å²) in [7, 11) is 0. The minimum Gasteiger partial charge on any atom is -0.356 e. The van der Waals surface area contributed by atoms with Crippen LogP contribution in [0.15, 0.2) is 48.8 Å². The number of nitrogens with one attached hydrogen (secondary N) is 1. The lowest BCUT2D eigenvalue weighted by atomic mass is 10.1. The van der Waals surface area contributed by atoms with E-state index >= 15 is 0 Å². The second-order valence-electron chi connectivity index (χ2n) is 5.70. The van der Waals surface area contributed by atoms with Crippen molar-refractivity contribution < 1.29 is 4.79 Å². The van der Waals surface area contributed by atoms with Crippen molar-refractivity contribution in [1.29, 1.82) is 0 Å². The second-order valence-corrected chi connectivity index (χ2v) is 5.70. The Balaban J connectivity index is 1.47. The van der Waals surface area contributed by atoms with Crippen molar-refractivity contribution in [2.24, 2.45) is 5.92 Å². The van der Waals surface area contributed by atoms with Gasteiger partial charge < -0.3 is 5.32 Å². The number of rotatable bonds is 5. The van der Waals surface area contributed by atoms with Crippen LogP contribution in [0, 0.1) is 12.8 Å². The Morgan fingerprint density at radius 3 is 2.86 bits per heavy atom. The lowest BCUT2D eigenvalue weighted by Crippen LogP contribution is -2.27. The molecule has 1 N–H and O–H groups in total. The SMILES string of the molecule is Cc1cnccc1CCNC(=O)[C@H]1C[C@@H]1c1ccccc1. The number of aromatic nitrogens is 1. The minimum absolute atomic E-state index is 0.158. The largest absolute Gasteiger partial charge is 0.356 e. The summed E-state index contributed by atoms with van der Waals surface area (Å²) in [6.07, 6.45) is 5.51. The van der Waals surface area contributed by atoms with Crippen LogP contribution in [0.4, 0.5) is 0 Å². The first-order valence-corrected chi connectivity index (χ1v) is 7.48. The van der Waals surface area contributed by atoms with Gasteiger partial charge in [-0.15, -0.1) is 0 Å². The monoisotopic (exact) mass is 280 g/mol. The summed E-state index contributed by atoms with van der Waals surface area (Å²) in [6.45, 7) is 2.75. The summed E-state index contributed by atoms with van der Waals surface area (Å²) in [6, 6.07) is 12.3. The quantitative estimate of drug-likeness (QED) is 0.915. The second kappa shape index (κ2) is 6.08. The molecule has 0 bridgehead atoms. The molecule has 1 aromatic heterocycles. The smallest absolute Gasteiger partial charge is 0.223 e. The molecule has 2 aromatic rings. The number of carbonyl (C=O) groups is 1. The third-order valence-corrected chi connectivity index (χ3v) is 4.18. The maximum atomic E-state index is 12.1. The highest BCUT2D eigenvalue weighted by molar-refractivity contribution is 5.82. The highest BCUT2D eigenvalue weighted by Crippen LogP contribution is 2.47. The fraction of sp³-hybridized carbons (Fsp3) is 0.333. The van der Waals surface area contributed by atoms with Gasteiger partial charge in [-0.2, -0.15) is 0 Å². The van der Waals surface area contributed by atoms with Gasteiger partial charge in [0.15, 0.2) is 0 Å².